The summed E-state index contributed by atoms with van der Waals surface area (Å²) in [6.07, 6.45) is 4.34. The molecule has 1 saturated carbocycles. The van der Waals surface area contributed by atoms with E-state index in [1.807, 2.05) is 33.0 Å². The minimum absolute atomic E-state index is 0.0911. The van der Waals surface area contributed by atoms with E-state index in [9.17, 15) is 4.79 Å². The van der Waals surface area contributed by atoms with E-state index in [1.54, 1.807) is 6.20 Å². The first-order chi connectivity index (χ1) is 14.0. The zero-order valence-electron chi connectivity index (χ0n) is 17.9. The Morgan fingerprint density at radius 3 is 2.72 bits per heavy atom. The Morgan fingerprint density at radius 2 is 2.07 bits per heavy atom. The molecule has 8 nitrogen and oxygen atoms in total. The van der Waals surface area contributed by atoms with E-state index in [4.69, 9.17) is 4.74 Å². The van der Waals surface area contributed by atoms with Crippen LogP contribution in [0.25, 0.3) is 0 Å². The van der Waals surface area contributed by atoms with Crippen molar-refractivity contribution in [1.82, 2.24) is 25.4 Å². The zero-order valence-corrected chi connectivity index (χ0v) is 17.9. The summed E-state index contributed by atoms with van der Waals surface area (Å²) in [6.45, 7) is 9.26. The van der Waals surface area contributed by atoms with E-state index < -0.39 is 0 Å². The fourth-order valence-electron chi connectivity index (χ4n) is 3.33. The van der Waals surface area contributed by atoms with Gasteiger partial charge in [-0.3, -0.25) is 14.7 Å². The van der Waals surface area contributed by atoms with Crippen molar-refractivity contribution in [2.24, 2.45) is 10.9 Å². The van der Waals surface area contributed by atoms with Crippen LogP contribution in [0.2, 0.25) is 0 Å². The Kier molecular flexibility index (Phi) is 7.69. The monoisotopic (exact) mass is 402 g/mol. The molecule has 160 valence electrons. The molecule has 2 fully saturated rings. The van der Waals surface area contributed by atoms with E-state index in [1.165, 1.54) is 12.8 Å². The molecule has 0 radical (unpaired) electrons. The lowest BCUT2D eigenvalue weighted by molar-refractivity contribution is -0.123. The first-order valence-electron chi connectivity index (χ1n) is 10.6. The van der Waals surface area contributed by atoms with Crippen molar-refractivity contribution in [1.29, 1.82) is 0 Å². The number of ether oxygens (including phenoxy) is 1. The Hall–Kier alpha value is -2.35. The van der Waals surface area contributed by atoms with Crippen LogP contribution in [0.5, 0.6) is 5.88 Å². The minimum atomic E-state index is 0.0911. The largest absolute Gasteiger partial charge is 0.477 e. The fraction of sp³-hybridized carbons (Fsp3) is 0.667. The predicted molar refractivity (Wildman–Crippen MR) is 114 cm³/mol. The molecule has 0 atom stereocenters. The van der Waals surface area contributed by atoms with Gasteiger partial charge in [0, 0.05) is 58.1 Å². The van der Waals surface area contributed by atoms with Gasteiger partial charge in [-0.2, -0.15) is 0 Å². The molecule has 0 spiro atoms. The highest BCUT2D eigenvalue weighted by Crippen LogP contribution is 2.29. The van der Waals surface area contributed by atoms with Crippen LogP contribution in [0.3, 0.4) is 0 Å². The van der Waals surface area contributed by atoms with Crippen molar-refractivity contribution >= 4 is 11.9 Å². The number of amides is 1. The number of aromatic nitrogens is 1. The zero-order chi connectivity index (χ0) is 20.6. The number of nitrogens with zero attached hydrogens (tertiary/aromatic N) is 4. The summed E-state index contributed by atoms with van der Waals surface area (Å²) >= 11 is 0. The average Bonchev–Trinajstić information content (AvgIpc) is 3.52. The third-order valence-electron chi connectivity index (χ3n) is 5.11. The lowest BCUT2D eigenvalue weighted by atomic mass is 10.2. The van der Waals surface area contributed by atoms with Gasteiger partial charge in [0.1, 0.15) is 0 Å². The first-order valence-corrected chi connectivity index (χ1v) is 10.6. The van der Waals surface area contributed by atoms with E-state index in [0.717, 1.165) is 44.3 Å². The quantitative estimate of drug-likeness (QED) is 0.500. The van der Waals surface area contributed by atoms with Gasteiger partial charge in [0.05, 0.1) is 13.2 Å². The average molecular weight is 403 g/mol. The van der Waals surface area contributed by atoms with Crippen LogP contribution < -0.4 is 15.4 Å². The highest BCUT2D eigenvalue weighted by atomic mass is 16.5. The normalized spacial score (nSPS) is 18.1. The highest BCUT2D eigenvalue weighted by molar-refractivity contribution is 5.80. The van der Waals surface area contributed by atoms with Crippen LogP contribution in [0.4, 0.5) is 0 Å². The summed E-state index contributed by atoms with van der Waals surface area (Å²) in [5, 5.41) is 6.39. The Morgan fingerprint density at radius 1 is 1.31 bits per heavy atom. The van der Waals surface area contributed by atoms with Crippen molar-refractivity contribution < 1.29 is 9.53 Å². The molecular weight excluding hydrogens is 368 g/mol. The second kappa shape index (κ2) is 10.4. The maximum absolute atomic E-state index is 11.9. The van der Waals surface area contributed by atoms with Crippen molar-refractivity contribution in [3.05, 3.63) is 23.9 Å². The molecule has 1 aromatic rings. The minimum Gasteiger partial charge on any atom is -0.477 e. The van der Waals surface area contributed by atoms with Crippen molar-refractivity contribution in [3.63, 3.8) is 0 Å². The van der Waals surface area contributed by atoms with Crippen LogP contribution in [0.15, 0.2) is 23.3 Å². The van der Waals surface area contributed by atoms with Gasteiger partial charge in [-0.05, 0) is 44.2 Å². The number of pyridine rings is 1. The molecule has 0 unspecified atom stereocenters. The maximum atomic E-state index is 11.9. The first kappa shape index (κ1) is 21.4. The number of aliphatic imine (C=N–C) groups is 1. The lowest BCUT2D eigenvalue weighted by Gasteiger charge is -2.36. The van der Waals surface area contributed by atoms with Gasteiger partial charge in [0.2, 0.25) is 11.8 Å². The van der Waals surface area contributed by atoms with Crippen molar-refractivity contribution in [3.8, 4) is 5.88 Å². The standard InChI is InChI=1S/C21H34N6O2/c1-16(2)25-19(28)14-26-8-10-27(11-9-26)21(22-3)24-13-18-6-7-23-20(12-18)29-15-17-4-5-17/h6-7,12,16-17H,4-5,8-11,13-15H2,1-3H3,(H,22,24)(H,25,28). The molecule has 1 saturated heterocycles. The van der Waals surface area contributed by atoms with Gasteiger partial charge in [-0.15, -0.1) is 0 Å². The van der Waals surface area contributed by atoms with Crippen LogP contribution in [0.1, 0.15) is 32.3 Å². The van der Waals surface area contributed by atoms with E-state index in [0.29, 0.717) is 24.9 Å². The molecule has 2 N–H and O–H groups in total. The Bertz CT molecular complexity index is 696. The summed E-state index contributed by atoms with van der Waals surface area (Å²) < 4.78 is 5.77. The number of carbonyl (C=O) groups excluding carboxylic acids is 1. The maximum Gasteiger partial charge on any atom is 0.234 e. The number of hydrogen-bond donors (Lipinski definition) is 2. The van der Waals surface area contributed by atoms with Crippen LogP contribution in [0, 0.1) is 5.92 Å². The van der Waals surface area contributed by atoms with Gasteiger partial charge >= 0.3 is 0 Å². The predicted octanol–water partition coefficient (Wildman–Crippen LogP) is 1.09. The summed E-state index contributed by atoms with van der Waals surface area (Å²) in [7, 11) is 1.81. The number of piperazine rings is 1. The second-order valence-electron chi connectivity index (χ2n) is 8.14. The molecule has 1 amide bonds. The topological polar surface area (TPSA) is 82.1 Å². The van der Waals surface area contributed by atoms with Gasteiger partial charge in [-0.1, -0.05) is 0 Å². The Labute approximate surface area is 173 Å². The fourth-order valence-corrected chi connectivity index (χ4v) is 3.33. The molecular formula is C21H34N6O2. The van der Waals surface area contributed by atoms with Crippen LogP contribution >= 0.6 is 0 Å². The van der Waals surface area contributed by atoms with E-state index in [-0.39, 0.29) is 11.9 Å². The van der Waals surface area contributed by atoms with Crippen LogP contribution in [-0.4, -0.2) is 79.1 Å². The van der Waals surface area contributed by atoms with E-state index in [2.05, 4.69) is 30.4 Å². The molecule has 2 heterocycles. The third-order valence-corrected chi connectivity index (χ3v) is 5.11. The summed E-state index contributed by atoms with van der Waals surface area (Å²) in [5.74, 6) is 2.38. The molecule has 1 aromatic heterocycles. The lowest BCUT2D eigenvalue weighted by Crippen LogP contribution is -2.54. The van der Waals surface area contributed by atoms with Gasteiger partial charge < -0.3 is 20.3 Å². The van der Waals surface area contributed by atoms with Gasteiger partial charge in [0.25, 0.3) is 0 Å². The van der Waals surface area contributed by atoms with Gasteiger partial charge in [-0.25, -0.2) is 4.98 Å². The summed E-state index contributed by atoms with van der Waals surface area (Å²) in [5.41, 5.74) is 1.12. The highest BCUT2D eigenvalue weighted by Gasteiger charge is 2.23. The smallest absolute Gasteiger partial charge is 0.234 e. The number of carbonyl (C=O) groups is 1. The third kappa shape index (κ3) is 7.20. The van der Waals surface area contributed by atoms with Crippen LogP contribution in [-0.2, 0) is 11.3 Å². The molecule has 1 aliphatic heterocycles. The number of rotatable bonds is 8. The van der Waals surface area contributed by atoms with Gasteiger partial charge in [0.15, 0.2) is 5.96 Å². The number of hydrogen-bond acceptors (Lipinski definition) is 5. The molecule has 3 rings (SSSR count). The molecule has 0 aromatic carbocycles. The molecule has 2 aliphatic rings. The van der Waals surface area contributed by atoms with Crippen molar-refractivity contribution in [2.75, 3.05) is 46.4 Å². The summed E-state index contributed by atoms with van der Waals surface area (Å²) in [4.78, 5) is 25.1. The SMILES string of the molecule is CN=C(NCc1ccnc(OCC2CC2)c1)N1CCN(CC(=O)NC(C)C)CC1. The second-order valence-corrected chi connectivity index (χ2v) is 8.14. The molecule has 1 aliphatic carbocycles. The number of nitrogens with one attached hydrogen (secondary N) is 2. The molecule has 8 heteroatoms. The van der Waals surface area contributed by atoms with E-state index >= 15 is 0 Å². The van der Waals surface area contributed by atoms with Crippen molar-refractivity contribution in [2.45, 2.75) is 39.3 Å². The summed E-state index contributed by atoms with van der Waals surface area (Å²) in [6, 6.07) is 4.17. The number of guanidine groups is 1. The molecule has 0 bridgehead atoms. The Balaban J connectivity index is 1.42. The molecule has 29 heavy (non-hydrogen) atoms.